The molecule has 0 aliphatic heterocycles. The highest BCUT2D eigenvalue weighted by molar-refractivity contribution is 6.30. The molecule has 0 N–H and O–H groups in total. The molecule has 5 nitrogen and oxygen atoms in total. The number of aromatic nitrogens is 2. The Balaban J connectivity index is 1.94. The van der Waals surface area contributed by atoms with E-state index in [4.69, 9.17) is 21.1 Å². The van der Waals surface area contributed by atoms with Crippen molar-refractivity contribution in [3.8, 4) is 17.1 Å². The minimum absolute atomic E-state index is 0.0378. The molecule has 0 radical (unpaired) electrons. The van der Waals surface area contributed by atoms with Crippen molar-refractivity contribution in [3.63, 3.8) is 0 Å². The zero-order valence-electron chi connectivity index (χ0n) is 14.5. The van der Waals surface area contributed by atoms with Crippen LogP contribution in [0.5, 0.6) is 5.75 Å². The number of carbonyl (C=O) groups is 1. The van der Waals surface area contributed by atoms with Gasteiger partial charge in [-0.3, -0.25) is 0 Å². The van der Waals surface area contributed by atoms with Crippen LogP contribution >= 0.6 is 11.6 Å². The first-order valence-electron chi connectivity index (χ1n) is 7.85. The molecule has 3 rings (SSSR count). The molecule has 2 heterocycles. The molecule has 3 aromatic rings. The van der Waals surface area contributed by atoms with Crippen LogP contribution in [0, 0.1) is 11.6 Å². The summed E-state index contributed by atoms with van der Waals surface area (Å²) in [6, 6.07) is 6.75. The van der Waals surface area contributed by atoms with Crippen LogP contribution in [0.15, 0.2) is 42.7 Å². The molecule has 0 aliphatic carbocycles. The fourth-order valence-corrected chi connectivity index (χ4v) is 2.85. The number of hydrogen-bond acceptors (Lipinski definition) is 4. The highest BCUT2D eigenvalue weighted by Gasteiger charge is 2.17. The van der Waals surface area contributed by atoms with Gasteiger partial charge in [0.1, 0.15) is 23.9 Å². The molecule has 27 heavy (non-hydrogen) atoms. The van der Waals surface area contributed by atoms with E-state index in [0.29, 0.717) is 22.5 Å². The Hall–Kier alpha value is -2.93. The summed E-state index contributed by atoms with van der Waals surface area (Å²) in [5.74, 6) is -1.44. The molecule has 0 spiro atoms. The molecular formula is C19H15ClF2N2O3. The second kappa shape index (κ2) is 7.75. The van der Waals surface area contributed by atoms with Crippen molar-refractivity contribution in [2.75, 3.05) is 7.11 Å². The number of aryl methyl sites for hydroxylation is 1. The molecule has 0 saturated carbocycles. The molecule has 0 atom stereocenters. The normalized spacial score (nSPS) is 10.7. The Kier molecular flexibility index (Phi) is 5.41. The first kappa shape index (κ1) is 18.8. The van der Waals surface area contributed by atoms with Crippen molar-refractivity contribution in [1.82, 2.24) is 9.55 Å². The Morgan fingerprint density at radius 3 is 2.67 bits per heavy atom. The fourth-order valence-electron chi connectivity index (χ4n) is 2.61. The van der Waals surface area contributed by atoms with E-state index in [9.17, 15) is 13.6 Å². The van der Waals surface area contributed by atoms with Gasteiger partial charge in [-0.15, -0.1) is 0 Å². The van der Waals surface area contributed by atoms with Crippen molar-refractivity contribution in [3.05, 3.63) is 70.5 Å². The lowest BCUT2D eigenvalue weighted by atomic mass is 10.2. The summed E-state index contributed by atoms with van der Waals surface area (Å²) in [5.41, 5.74) is 1.67. The lowest BCUT2D eigenvalue weighted by Crippen LogP contribution is -2.01. The van der Waals surface area contributed by atoms with E-state index in [1.807, 2.05) is 0 Å². The van der Waals surface area contributed by atoms with Gasteiger partial charge in [-0.25, -0.2) is 18.6 Å². The molecule has 140 valence electrons. The summed E-state index contributed by atoms with van der Waals surface area (Å²) in [4.78, 5) is 15.8. The van der Waals surface area contributed by atoms with Gasteiger partial charge in [-0.1, -0.05) is 11.6 Å². The highest BCUT2D eigenvalue weighted by Crippen LogP contribution is 2.30. The monoisotopic (exact) mass is 392 g/mol. The van der Waals surface area contributed by atoms with Gasteiger partial charge in [0.15, 0.2) is 5.75 Å². The molecule has 0 aliphatic rings. The average molecular weight is 393 g/mol. The van der Waals surface area contributed by atoms with Crippen molar-refractivity contribution in [2.45, 2.75) is 6.61 Å². The number of halogens is 3. The van der Waals surface area contributed by atoms with Crippen LogP contribution in [0.1, 0.15) is 15.9 Å². The van der Waals surface area contributed by atoms with E-state index in [2.05, 4.69) is 4.98 Å². The second-order valence-electron chi connectivity index (χ2n) is 5.78. The maximum atomic E-state index is 13.7. The van der Waals surface area contributed by atoms with Gasteiger partial charge in [-0.05, 0) is 29.8 Å². The lowest BCUT2D eigenvalue weighted by molar-refractivity contribution is 0.0600. The summed E-state index contributed by atoms with van der Waals surface area (Å²) in [7, 11) is 2.99. The summed E-state index contributed by atoms with van der Waals surface area (Å²) >= 11 is 5.84. The van der Waals surface area contributed by atoms with E-state index in [1.54, 1.807) is 29.9 Å². The summed E-state index contributed by atoms with van der Waals surface area (Å²) in [5, 5.41) is 0.233. The summed E-state index contributed by atoms with van der Waals surface area (Å²) in [6.07, 6.45) is 2.62. The lowest BCUT2D eigenvalue weighted by Gasteiger charge is -2.12. The van der Waals surface area contributed by atoms with Crippen molar-refractivity contribution in [2.24, 2.45) is 7.05 Å². The first-order chi connectivity index (χ1) is 12.9. The van der Waals surface area contributed by atoms with Crippen LogP contribution in [0.4, 0.5) is 8.78 Å². The third-order valence-electron chi connectivity index (χ3n) is 3.80. The number of carbonyl (C=O) groups excluding carboxylic acids is 1. The number of benzene rings is 1. The molecule has 2 aromatic heterocycles. The van der Waals surface area contributed by atoms with Gasteiger partial charge in [0.05, 0.1) is 24.6 Å². The van der Waals surface area contributed by atoms with Crippen molar-refractivity contribution < 1.29 is 23.0 Å². The van der Waals surface area contributed by atoms with Gasteiger partial charge < -0.3 is 14.0 Å². The van der Waals surface area contributed by atoms with Gasteiger partial charge in [0.2, 0.25) is 0 Å². The predicted molar refractivity (Wildman–Crippen MR) is 95.7 cm³/mol. The topological polar surface area (TPSA) is 53.4 Å². The molecule has 0 amide bonds. The van der Waals surface area contributed by atoms with Gasteiger partial charge in [-0.2, -0.15) is 0 Å². The molecular weight excluding hydrogens is 378 g/mol. The molecule has 0 fully saturated rings. The largest absolute Gasteiger partial charge is 0.486 e. The van der Waals surface area contributed by atoms with Crippen LogP contribution in [0.25, 0.3) is 11.4 Å². The molecule has 8 heteroatoms. The smallest absolute Gasteiger partial charge is 0.339 e. The summed E-state index contributed by atoms with van der Waals surface area (Å²) < 4.78 is 39.2. The van der Waals surface area contributed by atoms with E-state index in [1.165, 1.54) is 25.3 Å². The average Bonchev–Trinajstić information content (AvgIpc) is 3.00. The number of ether oxygens (including phenoxy) is 2. The maximum absolute atomic E-state index is 13.7. The van der Waals surface area contributed by atoms with E-state index < -0.39 is 17.6 Å². The second-order valence-corrected chi connectivity index (χ2v) is 6.22. The van der Waals surface area contributed by atoms with Gasteiger partial charge in [0, 0.05) is 24.3 Å². The zero-order valence-corrected chi connectivity index (χ0v) is 15.3. The van der Waals surface area contributed by atoms with Crippen molar-refractivity contribution >= 4 is 17.6 Å². The standard InChI is InChI=1S/C19H15ClF2N2O3/c1-24-9-12(19(25)26-2)5-16(24)18-17(7-15(22)8-23-18)27-10-11-3-13(20)6-14(21)4-11/h3-9H,10H2,1-2H3. The van der Waals surface area contributed by atoms with E-state index in [0.717, 1.165) is 6.20 Å². The molecule has 0 saturated heterocycles. The molecule has 0 unspecified atom stereocenters. The predicted octanol–water partition coefficient (Wildman–Crippen LogP) is 4.38. The number of pyridine rings is 1. The number of nitrogens with zero attached hydrogens (tertiary/aromatic N) is 2. The minimum atomic E-state index is -0.589. The Morgan fingerprint density at radius 1 is 1.19 bits per heavy atom. The third kappa shape index (κ3) is 4.25. The zero-order chi connectivity index (χ0) is 19.6. The third-order valence-corrected chi connectivity index (χ3v) is 4.02. The first-order valence-corrected chi connectivity index (χ1v) is 8.23. The maximum Gasteiger partial charge on any atom is 0.339 e. The fraction of sp³-hybridized carbons (Fsp3) is 0.158. The SMILES string of the molecule is COC(=O)c1cc(-c2ncc(F)cc2OCc2cc(F)cc(Cl)c2)n(C)c1. The number of hydrogen-bond donors (Lipinski definition) is 0. The van der Waals surface area contributed by atoms with Crippen LogP contribution in [-0.4, -0.2) is 22.6 Å². The highest BCUT2D eigenvalue weighted by atomic mass is 35.5. The van der Waals surface area contributed by atoms with Crippen LogP contribution in [0.3, 0.4) is 0 Å². The van der Waals surface area contributed by atoms with Crippen LogP contribution < -0.4 is 4.74 Å². The van der Waals surface area contributed by atoms with Gasteiger partial charge >= 0.3 is 5.97 Å². The Labute approximate surface area is 159 Å². The minimum Gasteiger partial charge on any atom is -0.486 e. The quantitative estimate of drug-likeness (QED) is 0.604. The number of methoxy groups -OCH3 is 1. The van der Waals surface area contributed by atoms with E-state index in [-0.39, 0.29) is 17.4 Å². The Bertz CT molecular complexity index is 984. The van der Waals surface area contributed by atoms with Crippen LogP contribution in [-0.2, 0) is 18.4 Å². The van der Waals surface area contributed by atoms with E-state index >= 15 is 0 Å². The van der Waals surface area contributed by atoms with Crippen molar-refractivity contribution in [1.29, 1.82) is 0 Å². The Morgan fingerprint density at radius 2 is 1.96 bits per heavy atom. The molecule has 0 bridgehead atoms. The number of rotatable bonds is 5. The van der Waals surface area contributed by atoms with Gasteiger partial charge in [0.25, 0.3) is 0 Å². The number of esters is 1. The van der Waals surface area contributed by atoms with Crippen LogP contribution in [0.2, 0.25) is 5.02 Å². The summed E-state index contributed by atoms with van der Waals surface area (Å²) in [6.45, 7) is -0.0378. The molecule has 1 aromatic carbocycles.